The zero-order valence-corrected chi connectivity index (χ0v) is 12.0. The van der Waals surface area contributed by atoms with Crippen LogP contribution in [0.5, 0.6) is 0 Å². The molecule has 1 aliphatic heterocycles. The molecule has 8 heteroatoms. The molecule has 5 nitrogen and oxygen atoms in total. The molecular formula is C11H13ClFN3O2S. The van der Waals surface area contributed by atoms with Gasteiger partial charge in [0.05, 0.1) is 10.8 Å². The monoisotopic (exact) mass is 305 g/mol. The first-order chi connectivity index (χ1) is 8.67. The van der Waals surface area contributed by atoms with E-state index in [1.807, 2.05) is 0 Å². The van der Waals surface area contributed by atoms with Gasteiger partial charge in [0, 0.05) is 12.6 Å². The molecule has 1 atom stereocenters. The van der Waals surface area contributed by atoms with Crippen LogP contribution in [-0.2, 0) is 15.6 Å². The molecule has 1 aromatic carbocycles. The number of halogens is 2. The van der Waals surface area contributed by atoms with Gasteiger partial charge in [0.2, 0.25) is 16.0 Å². The molecule has 0 bridgehead atoms. The summed E-state index contributed by atoms with van der Waals surface area (Å²) in [6.07, 6.45) is 0. The van der Waals surface area contributed by atoms with Gasteiger partial charge in [0.25, 0.3) is 0 Å². The molecule has 0 radical (unpaired) electrons. The quantitative estimate of drug-likeness (QED) is 0.849. The Labute approximate surface area is 115 Å². The number of guanidine groups is 1. The van der Waals surface area contributed by atoms with Crippen LogP contribution in [-0.4, -0.2) is 31.5 Å². The number of sulfonamides is 1. The first-order valence-electron chi connectivity index (χ1n) is 5.44. The van der Waals surface area contributed by atoms with Crippen molar-refractivity contribution >= 4 is 27.6 Å². The van der Waals surface area contributed by atoms with Crippen LogP contribution in [0.4, 0.5) is 4.39 Å². The summed E-state index contributed by atoms with van der Waals surface area (Å²) < 4.78 is 38.4. The molecule has 0 amide bonds. The van der Waals surface area contributed by atoms with Crippen molar-refractivity contribution in [2.75, 3.05) is 12.8 Å². The van der Waals surface area contributed by atoms with E-state index in [-0.39, 0.29) is 16.7 Å². The molecule has 0 saturated carbocycles. The van der Waals surface area contributed by atoms with Crippen LogP contribution >= 0.6 is 11.6 Å². The SMILES string of the molecule is CN1C(N)=N[C@](C)(c2cccc(F)c2Cl)CS1(=O)=O. The van der Waals surface area contributed by atoms with Crippen molar-refractivity contribution in [2.45, 2.75) is 12.5 Å². The van der Waals surface area contributed by atoms with Gasteiger partial charge >= 0.3 is 0 Å². The van der Waals surface area contributed by atoms with E-state index in [9.17, 15) is 12.8 Å². The third kappa shape index (κ3) is 2.28. The molecular weight excluding hydrogens is 293 g/mol. The van der Waals surface area contributed by atoms with E-state index in [2.05, 4.69) is 4.99 Å². The molecule has 1 aliphatic rings. The van der Waals surface area contributed by atoms with E-state index in [1.165, 1.54) is 19.2 Å². The van der Waals surface area contributed by atoms with E-state index in [0.717, 1.165) is 4.31 Å². The Morgan fingerprint density at radius 3 is 2.74 bits per heavy atom. The molecule has 2 N–H and O–H groups in total. The summed E-state index contributed by atoms with van der Waals surface area (Å²) in [5, 5.41) is -0.138. The molecule has 0 fully saturated rings. The van der Waals surface area contributed by atoms with Gasteiger partial charge in [-0.2, -0.15) is 0 Å². The summed E-state index contributed by atoms with van der Waals surface area (Å²) >= 11 is 5.90. The second kappa shape index (κ2) is 4.35. The second-order valence-electron chi connectivity index (χ2n) is 4.57. The minimum Gasteiger partial charge on any atom is -0.369 e. The number of nitrogens with two attached hydrogens (primary N) is 1. The molecule has 0 unspecified atom stereocenters. The number of benzene rings is 1. The third-order valence-electron chi connectivity index (χ3n) is 3.10. The topological polar surface area (TPSA) is 75.8 Å². The molecule has 1 aromatic rings. The van der Waals surface area contributed by atoms with E-state index in [4.69, 9.17) is 17.3 Å². The standard InChI is InChI=1S/C11H13ClFN3O2S/c1-11(7-4-3-5-8(13)9(7)12)6-19(17,18)16(2)10(14)15-11/h3-5H,6H2,1-2H3,(H2,14,15)/t11-/m0/s1. The van der Waals surface area contributed by atoms with Crippen LogP contribution in [0.25, 0.3) is 0 Å². The zero-order valence-electron chi connectivity index (χ0n) is 10.4. The van der Waals surface area contributed by atoms with Crippen molar-refractivity contribution in [1.29, 1.82) is 0 Å². The summed E-state index contributed by atoms with van der Waals surface area (Å²) in [5.41, 5.74) is 4.71. The highest BCUT2D eigenvalue weighted by Crippen LogP contribution is 2.36. The molecule has 104 valence electrons. The van der Waals surface area contributed by atoms with E-state index >= 15 is 0 Å². The van der Waals surface area contributed by atoms with Gasteiger partial charge < -0.3 is 5.73 Å². The molecule has 0 saturated heterocycles. The third-order valence-corrected chi connectivity index (χ3v) is 5.43. The fraction of sp³-hybridized carbons (Fsp3) is 0.364. The summed E-state index contributed by atoms with van der Waals surface area (Å²) in [5.74, 6) is -1.08. The fourth-order valence-corrected chi connectivity index (χ4v) is 3.79. The van der Waals surface area contributed by atoms with Crippen LogP contribution in [0, 0.1) is 5.82 Å². The molecule has 0 spiro atoms. The maximum atomic E-state index is 13.5. The highest BCUT2D eigenvalue weighted by molar-refractivity contribution is 7.89. The van der Waals surface area contributed by atoms with Gasteiger partial charge in [-0.3, -0.25) is 0 Å². The lowest BCUT2D eigenvalue weighted by atomic mass is 9.94. The Hall–Kier alpha value is -1.34. The van der Waals surface area contributed by atoms with Crippen molar-refractivity contribution < 1.29 is 12.8 Å². The molecule has 1 heterocycles. The van der Waals surface area contributed by atoms with E-state index in [0.29, 0.717) is 5.56 Å². The minimum atomic E-state index is -3.60. The normalized spacial score (nSPS) is 26.1. The minimum absolute atomic E-state index is 0.138. The van der Waals surface area contributed by atoms with Crippen molar-refractivity contribution in [3.63, 3.8) is 0 Å². The predicted octanol–water partition coefficient (Wildman–Crippen LogP) is 1.28. The largest absolute Gasteiger partial charge is 0.369 e. The Bertz CT molecular complexity index is 662. The van der Waals surface area contributed by atoms with Gasteiger partial charge in [-0.1, -0.05) is 23.7 Å². The summed E-state index contributed by atoms with van der Waals surface area (Å²) in [4.78, 5) is 4.15. The smallest absolute Gasteiger partial charge is 0.239 e. The summed E-state index contributed by atoms with van der Waals surface area (Å²) in [6, 6.07) is 4.20. The van der Waals surface area contributed by atoms with Gasteiger partial charge in [0.1, 0.15) is 11.4 Å². The lowest BCUT2D eigenvalue weighted by Crippen LogP contribution is -2.50. The molecule has 19 heavy (non-hydrogen) atoms. The molecule has 0 aromatic heterocycles. The Balaban J connectivity index is 2.64. The van der Waals surface area contributed by atoms with Gasteiger partial charge in [-0.05, 0) is 13.0 Å². The highest BCUT2D eigenvalue weighted by Gasteiger charge is 2.41. The average molecular weight is 306 g/mol. The maximum absolute atomic E-state index is 13.5. The highest BCUT2D eigenvalue weighted by atomic mass is 35.5. The maximum Gasteiger partial charge on any atom is 0.239 e. The first kappa shape index (κ1) is 14.1. The van der Waals surface area contributed by atoms with Crippen LogP contribution < -0.4 is 5.73 Å². The lowest BCUT2D eigenvalue weighted by molar-refractivity contribution is 0.474. The number of rotatable bonds is 1. The van der Waals surface area contributed by atoms with Crippen molar-refractivity contribution in [3.05, 3.63) is 34.6 Å². The molecule has 2 rings (SSSR count). The van der Waals surface area contributed by atoms with Crippen LogP contribution in [0.1, 0.15) is 12.5 Å². The number of hydrogen-bond acceptors (Lipinski definition) is 4. The fourth-order valence-electron chi connectivity index (χ4n) is 2.01. The first-order valence-corrected chi connectivity index (χ1v) is 7.42. The Morgan fingerprint density at radius 1 is 1.53 bits per heavy atom. The van der Waals surface area contributed by atoms with Crippen LogP contribution in [0.15, 0.2) is 23.2 Å². The average Bonchev–Trinajstić information content (AvgIpc) is 2.29. The van der Waals surface area contributed by atoms with Crippen LogP contribution in [0.2, 0.25) is 5.02 Å². The Morgan fingerprint density at radius 2 is 2.16 bits per heavy atom. The predicted molar refractivity (Wildman–Crippen MR) is 71.9 cm³/mol. The lowest BCUT2D eigenvalue weighted by Gasteiger charge is -2.34. The van der Waals surface area contributed by atoms with E-state index in [1.54, 1.807) is 13.0 Å². The van der Waals surface area contributed by atoms with Crippen LogP contribution in [0.3, 0.4) is 0 Å². The number of aliphatic imine (C=N–C) groups is 1. The van der Waals surface area contributed by atoms with E-state index < -0.39 is 21.4 Å². The zero-order chi connectivity index (χ0) is 14.4. The summed E-state index contributed by atoms with van der Waals surface area (Å²) in [7, 11) is -2.28. The Kier molecular flexibility index (Phi) is 3.22. The van der Waals surface area contributed by atoms with Gasteiger partial charge in [0.15, 0.2) is 0 Å². The molecule has 0 aliphatic carbocycles. The number of nitrogens with zero attached hydrogens (tertiary/aromatic N) is 2. The van der Waals surface area contributed by atoms with Crippen molar-refractivity contribution in [2.24, 2.45) is 10.7 Å². The van der Waals surface area contributed by atoms with Gasteiger partial charge in [-0.15, -0.1) is 0 Å². The number of hydrogen-bond donors (Lipinski definition) is 1. The van der Waals surface area contributed by atoms with Crippen molar-refractivity contribution in [1.82, 2.24) is 4.31 Å². The van der Waals surface area contributed by atoms with Crippen molar-refractivity contribution in [3.8, 4) is 0 Å². The second-order valence-corrected chi connectivity index (χ2v) is 6.95. The summed E-state index contributed by atoms with van der Waals surface area (Å²) in [6.45, 7) is 1.56. The van der Waals surface area contributed by atoms with Gasteiger partial charge in [-0.25, -0.2) is 22.1 Å².